The highest BCUT2D eigenvalue weighted by Gasteiger charge is 2.35. The number of hydrogen-bond donors (Lipinski definition) is 1. The summed E-state index contributed by atoms with van der Waals surface area (Å²) in [6.45, 7) is 5.18. The third-order valence-corrected chi connectivity index (χ3v) is 7.69. The smallest absolute Gasteiger partial charge is 0.347 e. The fourth-order valence-corrected chi connectivity index (χ4v) is 5.46. The van der Waals surface area contributed by atoms with E-state index in [9.17, 15) is 21.6 Å². The lowest BCUT2D eigenvalue weighted by Crippen LogP contribution is -2.29. The van der Waals surface area contributed by atoms with Crippen LogP contribution in [0.15, 0.2) is 48.7 Å². The molecule has 0 unspecified atom stereocenters. The van der Waals surface area contributed by atoms with E-state index in [1.54, 1.807) is 18.2 Å². The van der Waals surface area contributed by atoms with Crippen molar-refractivity contribution in [1.82, 2.24) is 9.29 Å². The molecular weight excluding hydrogens is 437 g/mol. The van der Waals surface area contributed by atoms with Crippen molar-refractivity contribution in [3.05, 3.63) is 59.8 Å². The number of nitrogens with zero attached hydrogens (tertiary/aromatic N) is 1. The molecule has 4 nitrogen and oxygen atoms in total. The van der Waals surface area contributed by atoms with Crippen molar-refractivity contribution >= 4 is 20.9 Å². The van der Waals surface area contributed by atoms with Gasteiger partial charge in [0, 0.05) is 30.2 Å². The predicted octanol–water partition coefficient (Wildman–Crippen LogP) is 5.61. The minimum atomic E-state index is -4.44. The lowest BCUT2D eigenvalue weighted by molar-refractivity contribution is -0.137. The topological polar surface area (TPSA) is 51.1 Å². The van der Waals surface area contributed by atoms with Crippen molar-refractivity contribution in [2.45, 2.75) is 51.1 Å². The second-order valence-electron chi connectivity index (χ2n) is 8.86. The van der Waals surface area contributed by atoms with Gasteiger partial charge >= 0.3 is 6.18 Å². The maximum absolute atomic E-state index is 13.5. The number of benzene rings is 2. The molecule has 0 atom stereocenters. The van der Waals surface area contributed by atoms with Crippen LogP contribution < -0.4 is 4.72 Å². The van der Waals surface area contributed by atoms with Gasteiger partial charge in [0.15, 0.2) is 0 Å². The molecule has 0 amide bonds. The molecule has 3 aromatic rings. The van der Waals surface area contributed by atoms with Crippen LogP contribution in [0.2, 0.25) is 0 Å². The summed E-state index contributed by atoms with van der Waals surface area (Å²) in [5.41, 5.74) is 1.84. The molecule has 1 fully saturated rings. The van der Waals surface area contributed by atoms with Gasteiger partial charge in [0.25, 0.3) is 0 Å². The number of halogens is 3. The minimum Gasteiger partial charge on any atom is -0.347 e. The molecule has 1 heterocycles. The Kier molecular flexibility index (Phi) is 6.11. The van der Waals surface area contributed by atoms with Crippen molar-refractivity contribution in [3.8, 4) is 11.1 Å². The molecule has 0 aliphatic heterocycles. The van der Waals surface area contributed by atoms with Crippen molar-refractivity contribution in [3.63, 3.8) is 0 Å². The quantitative estimate of drug-likeness (QED) is 0.471. The Morgan fingerprint density at radius 3 is 2.50 bits per heavy atom. The standard InChI is InChI=1S/C24H27F3N2O2S/c1-16(2)14-29-15-18(11-12-28-32(30,31)19-8-9-19)21-10-7-17(13-23(21)29)20-5-3-4-6-22(20)24(25,26)27/h3-7,10,13,15-16,19,28H,8-9,11-12,14H2,1-2H3. The van der Waals surface area contributed by atoms with E-state index in [0.29, 0.717) is 43.8 Å². The number of alkyl halides is 3. The zero-order valence-electron chi connectivity index (χ0n) is 18.1. The van der Waals surface area contributed by atoms with Crippen molar-refractivity contribution in [2.24, 2.45) is 5.92 Å². The Morgan fingerprint density at radius 1 is 1.12 bits per heavy atom. The van der Waals surface area contributed by atoms with Crippen LogP contribution >= 0.6 is 0 Å². The predicted molar refractivity (Wildman–Crippen MR) is 121 cm³/mol. The van der Waals surface area contributed by atoms with E-state index in [4.69, 9.17) is 0 Å². The molecule has 0 radical (unpaired) electrons. The molecule has 1 aromatic heterocycles. The third kappa shape index (κ3) is 4.86. The normalized spacial score (nSPS) is 15.1. The second-order valence-corrected chi connectivity index (χ2v) is 10.9. The van der Waals surface area contributed by atoms with E-state index in [0.717, 1.165) is 22.5 Å². The average molecular weight is 465 g/mol. The minimum absolute atomic E-state index is 0.151. The van der Waals surface area contributed by atoms with Crippen molar-refractivity contribution < 1.29 is 21.6 Å². The molecule has 0 saturated heterocycles. The summed E-state index contributed by atoms with van der Waals surface area (Å²) in [5, 5.41) is 0.672. The summed E-state index contributed by atoms with van der Waals surface area (Å²) in [6, 6.07) is 11.0. The summed E-state index contributed by atoms with van der Waals surface area (Å²) in [5.74, 6) is 0.345. The first-order chi connectivity index (χ1) is 15.1. The Morgan fingerprint density at radius 2 is 1.84 bits per heavy atom. The van der Waals surface area contributed by atoms with Crippen LogP contribution in [0.5, 0.6) is 0 Å². The number of nitrogens with one attached hydrogen (secondary N) is 1. The molecule has 1 aliphatic carbocycles. The number of hydrogen-bond acceptors (Lipinski definition) is 2. The molecule has 0 bridgehead atoms. The van der Waals surface area contributed by atoms with Crippen LogP contribution in [0, 0.1) is 5.92 Å². The maximum Gasteiger partial charge on any atom is 0.417 e. The monoisotopic (exact) mass is 464 g/mol. The van der Waals surface area contributed by atoms with Gasteiger partial charge in [0.1, 0.15) is 0 Å². The zero-order chi connectivity index (χ0) is 23.1. The zero-order valence-corrected chi connectivity index (χ0v) is 18.9. The molecule has 1 aliphatic rings. The van der Waals surface area contributed by atoms with Gasteiger partial charge in [-0.2, -0.15) is 13.2 Å². The van der Waals surface area contributed by atoms with Gasteiger partial charge in [0.2, 0.25) is 10.0 Å². The Labute approximate surface area is 186 Å². The fraction of sp³-hybridized carbons (Fsp3) is 0.417. The summed E-state index contributed by atoms with van der Waals surface area (Å²) in [4.78, 5) is 0. The number of fused-ring (bicyclic) bond motifs is 1. The highest BCUT2D eigenvalue weighted by Crippen LogP contribution is 2.38. The lowest BCUT2D eigenvalue weighted by Gasteiger charge is -2.14. The Bertz CT molecular complexity index is 1230. The van der Waals surface area contributed by atoms with Crippen LogP contribution in [-0.2, 0) is 29.2 Å². The first kappa shape index (κ1) is 22.9. The number of aromatic nitrogens is 1. The summed E-state index contributed by atoms with van der Waals surface area (Å²) < 4.78 is 69.6. The molecule has 0 spiro atoms. The van der Waals surface area contributed by atoms with E-state index >= 15 is 0 Å². The maximum atomic E-state index is 13.5. The van der Waals surface area contributed by atoms with Gasteiger partial charge in [-0.05, 0) is 54.0 Å². The van der Waals surface area contributed by atoms with Gasteiger partial charge in [-0.1, -0.05) is 44.2 Å². The van der Waals surface area contributed by atoms with Gasteiger partial charge in [-0.3, -0.25) is 0 Å². The number of rotatable bonds is 8. The van der Waals surface area contributed by atoms with Gasteiger partial charge < -0.3 is 4.57 Å². The first-order valence-electron chi connectivity index (χ1n) is 10.8. The Hall–Kier alpha value is -2.32. The molecule has 4 rings (SSSR count). The van der Waals surface area contributed by atoms with Gasteiger partial charge in [-0.15, -0.1) is 0 Å². The van der Waals surface area contributed by atoms with E-state index in [-0.39, 0.29) is 10.8 Å². The average Bonchev–Trinajstić information content (AvgIpc) is 3.53. The molecule has 8 heteroatoms. The fourth-order valence-electron chi connectivity index (χ4n) is 4.09. The Balaban J connectivity index is 1.69. The first-order valence-corrected chi connectivity index (χ1v) is 12.4. The van der Waals surface area contributed by atoms with E-state index < -0.39 is 21.8 Å². The summed E-state index contributed by atoms with van der Waals surface area (Å²) >= 11 is 0. The molecule has 32 heavy (non-hydrogen) atoms. The summed E-state index contributed by atoms with van der Waals surface area (Å²) in [7, 11) is -3.25. The van der Waals surface area contributed by atoms with Crippen molar-refractivity contribution in [2.75, 3.05) is 6.54 Å². The third-order valence-electron chi connectivity index (χ3n) is 5.73. The van der Waals surface area contributed by atoms with Crippen LogP contribution in [0.25, 0.3) is 22.0 Å². The van der Waals surface area contributed by atoms with Crippen LogP contribution in [-0.4, -0.2) is 24.8 Å². The van der Waals surface area contributed by atoms with Crippen LogP contribution in [0.4, 0.5) is 13.2 Å². The van der Waals surface area contributed by atoms with Gasteiger partial charge in [0.05, 0.1) is 10.8 Å². The van der Waals surface area contributed by atoms with Gasteiger partial charge in [-0.25, -0.2) is 13.1 Å². The van der Waals surface area contributed by atoms with Crippen LogP contribution in [0.1, 0.15) is 37.8 Å². The molecular formula is C24H27F3N2O2S. The largest absolute Gasteiger partial charge is 0.417 e. The lowest BCUT2D eigenvalue weighted by atomic mass is 9.97. The van der Waals surface area contributed by atoms with E-state index in [2.05, 4.69) is 23.1 Å². The second kappa shape index (κ2) is 8.56. The van der Waals surface area contributed by atoms with E-state index in [1.165, 1.54) is 12.1 Å². The van der Waals surface area contributed by atoms with E-state index in [1.807, 2.05) is 12.3 Å². The highest BCUT2D eigenvalue weighted by atomic mass is 32.2. The molecule has 2 aromatic carbocycles. The van der Waals surface area contributed by atoms with Crippen molar-refractivity contribution in [1.29, 1.82) is 0 Å². The molecule has 1 saturated carbocycles. The highest BCUT2D eigenvalue weighted by molar-refractivity contribution is 7.90. The summed E-state index contributed by atoms with van der Waals surface area (Å²) in [6.07, 6.45) is -0.493. The van der Waals surface area contributed by atoms with Crippen LogP contribution in [0.3, 0.4) is 0 Å². The SMILES string of the molecule is CC(C)Cn1cc(CCNS(=O)(=O)C2CC2)c2ccc(-c3ccccc3C(F)(F)F)cc21. The number of sulfonamides is 1. The molecule has 172 valence electrons. The molecule has 1 N–H and O–H groups in total.